The Morgan fingerprint density at radius 3 is 2.10 bits per heavy atom. The highest BCUT2D eigenvalue weighted by Gasteiger charge is 2.14. The molecule has 0 fully saturated rings. The van der Waals surface area contributed by atoms with Crippen molar-refractivity contribution in [2.75, 3.05) is 19.3 Å². The third kappa shape index (κ3) is 16.1. The first-order chi connectivity index (χ1) is 9.74. The standard InChI is InChI=1S/C6H12N2O3.C5H9NO3S/c1-8-4(6(10)11)2-3-5(7)9;7-4(1-2-10)6-3-5(8)9/h4,8H,2-3H2,1H3,(H2,7,9)(H,10,11);10H,1-3H2,(H,6,7)(H,8,9). The second kappa shape index (κ2) is 13.2. The summed E-state index contributed by atoms with van der Waals surface area (Å²) in [6.45, 7) is -0.313. The Balaban J connectivity index is 0. The molecule has 0 aliphatic rings. The molecule has 0 aromatic carbocycles. The van der Waals surface area contributed by atoms with Gasteiger partial charge in [-0.3, -0.25) is 19.2 Å². The Labute approximate surface area is 127 Å². The van der Waals surface area contributed by atoms with Crippen molar-refractivity contribution < 1.29 is 29.4 Å². The van der Waals surface area contributed by atoms with Crippen LogP contribution in [0.1, 0.15) is 19.3 Å². The summed E-state index contributed by atoms with van der Waals surface area (Å²) in [5, 5.41) is 21.3. The molecule has 21 heavy (non-hydrogen) atoms. The monoisotopic (exact) mass is 323 g/mol. The van der Waals surface area contributed by atoms with E-state index in [1.807, 2.05) is 0 Å². The summed E-state index contributed by atoms with van der Waals surface area (Å²) in [5.74, 6) is -2.32. The molecule has 0 saturated carbocycles. The van der Waals surface area contributed by atoms with Gasteiger partial charge in [-0.15, -0.1) is 0 Å². The number of primary amides is 1. The fourth-order valence-electron chi connectivity index (χ4n) is 1.04. The Morgan fingerprint density at radius 2 is 1.76 bits per heavy atom. The molecule has 0 radical (unpaired) electrons. The first-order valence-electron chi connectivity index (χ1n) is 6.02. The van der Waals surface area contributed by atoms with Crippen LogP contribution in [0.4, 0.5) is 0 Å². The average molecular weight is 323 g/mol. The molecule has 1 atom stereocenters. The topological polar surface area (TPSA) is 159 Å². The maximum absolute atomic E-state index is 10.5. The maximum Gasteiger partial charge on any atom is 0.322 e. The summed E-state index contributed by atoms with van der Waals surface area (Å²) in [7, 11) is 1.53. The number of nitrogens with two attached hydrogens (primary N) is 1. The van der Waals surface area contributed by atoms with E-state index in [0.717, 1.165) is 0 Å². The van der Waals surface area contributed by atoms with Crippen molar-refractivity contribution in [1.82, 2.24) is 10.6 Å². The van der Waals surface area contributed by atoms with Crippen molar-refractivity contribution in [1.29, 1.82) is 0 Å². The molecular formula is C11H21N3O6S. The Bertz CT molecular complexity index is 364. The van der Waals surface area contributed by atoms with E-state index in [9.17, 15) is 19.2 Å². The molecule has 0 bridgehead atoms. The van der Waals surface area contributed by atoms with Crippen LogP contribution in [-0.2, 0) is 19.2 Å². The van der Waals surface area contributed by atoms with Gasteiger partial charge >= 0.3 is 11.9 Å². The van der Waals surface area contributed by atoms with Gasteiger partial charge in [0.15, 0.2) is 0 Å². The van der Waals surface area contributed by atoms with Crippen molar-refractivity contribution in [3.63, 3.8) is 0 Å². The van der Waals surface area contributed by atoms with E-state index >= 15 is 0 Å². The van der Waals surface area contributed by atoms with Crippen molar-refractivity contribution in [2.45, 2.75) is 25.3 Å². The van der Waals surface area contributed by atoms with Crippen LogP contribution in [0.3, 0.4) is 0 Å². The number of hydrogen-bond acceptors (Lipinski definition) is 6. The summed E-state index contributed by atoms with van der Waals surface area (Å²) in [5.41, 5.74) is 4.84. The number of likely N-dealkylation sites (N-methyl/N-ethyl adjacent to an activating group) is 1. The summed E-state index contributed by atoms with van der Waals surface area (Å²) in [6.07, 6.45) is 0.593. The zero-order valence-corrected chi connectivity index (χ0v) is 12.6. The second-order valence-electron chi connectivity index (χ2n) is 3.83. The fourth-order valence-corrected chi connectivity index (χ4v) is 1.25. The summed E-state index contributed by atoms with van der Waals surface area (Å²) >= 11 is 3.80. The van der Waals surface area contributed by atoms with E-state index in [1.54, 1.807) is 0 Å². The van der Waals surface area contributed by atoms with Crippen molar-refractivity contribution >= 4 is 36.4 Å². The van der Waals surface area contributed by atoms with Gasteiger partial charge in [-0.2, -0.15) is 12.6 Å². The van der Waals surface area contributed by atoms with Gasteiger partial charge in [0, 0.05) is 12.8 Å². The van der Waals surface area contributed by atoms with Crippen molar-refractivity contribution in [3.05, 3.63) is 0 Å². The molecule has 0 spiro atoms. The Hall–Kier alpha value is -1.81. The highest BCUT2D eigenvalue weighted by Crippen LogP contribution is 1.95. The van der Waals surface area contributed by atoms with Gasteiger partial charge in [0.05, 0.1) is 0 Å². The molecule has 10 heteroatoms. The zero-order valence-electron chi connectivity index (χ0n) is 11.7. The van der Waals surface area contributed by atoms with Crippen molar-refractivity contribution in [2.24, 2.45) is 5.73 Å². The van der Waals surface area contributed by atoms with Gasteiger partial charge in [-0.25, -0.2) is 0 Å². The third-order valence-corrected chi connectivity index (χ3v) is 2.33. The number of carboxylic acid groups (broad SMARTS) is 2. The minimum absolute atomic E-state index is 0.0950. The van der Waals surface area contributed by atoms with Crippen LogP contribution in [0, 0.1) is 0 Å². The minimum atomic E-state index is -1.03. The normalized spacial score (nSPS) is 10.8. The summed E-state index contributed by atoms with van der Waals surface area (Å²) < 4.78 is 0. The summed E-state index contributed by atoms with van der Waals surface area (Å²) in [4.78, 5) is 41.0. The number of aliphatic carboxylic acids is 2. The Morgan fingerprint density at radius 1 is 1.19 bits per heavy atom. The SMILES string of the molecule is CNC(CCC(N)=O)C(=O)O.O=C(O)CNC(=O)CCS. The van der Waals surface area contributed by atoms with E-state index in [4.69, 9.17) is 15.9 Å². The lowest BCUT2D eigenvalue weighted by Crippen LogP contribution is -2.34. The third-order valence-electron chi connectivity index (χ3n) is 2.10. The summed E-state index contributed by atoms with van der Waals surface area (Å²) in [6, 6.07) is -0.678. The molecule has 6 N–H and O–H groups in total. The lowest BCUT2D eigenvalue weighted by Gasteiger charge is -2.08. The predicted octanol–water partition coefficient (Wildman–Crippen LogP) is -1.57. The Kier molecular flexibility index (Phi) is 13.5. The molecule has 0 saturated heterocycles. The largest absolute Gasteiger partial charge is 0.480 e. The van der Waals surface area contributed by atoms with Gasteiger partial charge in [-0.05, 0) is 19.2 Å². The average Bonchev–Trinajstić information content (AvgIpc) is 2.37. The van der Waals surface area contributed by atoms with E-state index < -0.39 is 23.9 Å². The van der Waals surface area contributed by atoms with Gasteiger partial charge in [0.1, 0.15) is 12.6 Å². The van der Waals surface area contributed by atoms with Crippen LogP contribution < -0.4 is 16.4 Å². The van der Waals surface area contributed by atoms with Crippen LogP contribution in [0.2, 0.25) is 0 Å². The van der Waals surface area contributed by atoms with Crippen LogP contribution in [-0.4, -0.2) is 59.4 Å². The molecule has 0 aromatic rings. The molecule has 0 heterocycles. The maximum atomic E-state index is 10.5. The van der Waals surface area contributed by atoms with Crippen LogP contribution in [0.5, 0.6) is 0 Å². The number of rotatable bonds is 9. The second-order valence-corrected chi connectivity index (χ2v) is 4.28. The highest BCUT2D eigenvalue weighted by molar-refractivity contribution is 7.80. The number of carboxylic acids is 2. The van der Waals surface area contributed by atoms with Crippen LogP contribution in [0.15, 0.2) is 0 Å². The molecule has 0 aliphatic heterocycles. The fraction of sp³-hybridized carbons (Fsp3) is 0.636. The van der Waals surface area contributed by atoms with Gasteiger partial charge in [0.2, 0.25) is 11.8 Å². The van der Waals surface area contributed by atoms with Gasteiger partial charge < -0.3 is 26.6 Å². The zero-order chi connectivity index (χ0) is 16.8. The minimum Gasteiger partial charge on any atom is -0.480 e. The van der Waals surface area contributed by atoms with E-state index in [1.165, 1.54) is 7.05 Å². The number of nitrogens with one attached hydrogen (secondary N) is 2. The number of amides is 2. The molecule has 122 valence electrons. The first kappa shape index (κ1) is 21.5. The van der Waals surface area contributed by atoms with Crippen molar-refractivity contribution in [3.8, 4) is 0 Å². The lowest BCUT2D eigenvalue weighted by molar-refractivity contribution is -0.139. The molecule has 9 nitrogen and oxygen atoms in total. The van der Waals surface area contributed by atoms with Crippen LogP contribution >= 0.6 is 12.6 Å². The smallest absolute Gasteiger partial charge is 0.322 e. The molecule has 0 aromatic heterocycles. The molecule has 1 unspecified atom stereocenters. The predicted molar refractivity (Wildman–Crippen MR) is 78.0 cm³/mol. The van der Waals surface area contributed by atoms with Gasteiger partial charge in [-0.1, -0.05) is 0 Å². The first-order valence-corrected chi connectivity index (χ1v) is 6.65. The number of hydrogen-bond donors (Lipinski definition) is 6. The van der Waals surface area contributed by atoms with E-state index in [0.29, 0.717) is 5.75 Å². The van der Waals surface area contributed by atoms with Crippen LogP contribution in [0.25, 0.3) is 0 Å². The molecule has 0 rings (SSSR count). The van der Waals surface area contributed by atoms with Gasteiger partial charge in [0.25, 0.3) is 0 Å². The number of carbonyl (C=O) groups is 4. The molecule has 2 amide bonds. The van der Waals surface area contributed by atoms with E-state index in [2.05, 4.69) is 23.3 Å². The quantitative estimate of drug-likeness (QED) is 0.280. The highest BCUT2D eigenvalue weighted by atomic mass is 32.1. The lowest BCUT2D eigenvalue weighted by atomic mass is 10.1. The molecular weight excluding hydrogens is 302 g/mol. The van der Waals surface area contributed by atoms with E-state index in [-0.39, 0.29) is 31.7 Å². The number of carbonyl (C=O) groups excluding carboxylic acids is 2. The number of thiol groups is 1. The molecule has 0 aliphatic carbocycles.